The van der Waals surface area contributed by atoms with E-state index in [-0.39, 0.29) is 24.0 Å². The molecule has 0 saturated heterocycles. The van der Waals surface area contributed by atoms with Gasteiger partial charge in [-0.25, -0.2) is 0 Å². The number of rotatable bonds is 5. The Morgan fingerprint density at radius 2 is 2.11 bits per heavy atom. The Labute approximate surface area is 145 Å². The number of hydrogen-bond acceptors (Lipinski definition) is 2. The van der Waals surface area contributed by atoms with Gasteiger partial charge in [0, 0.05) is 37.4 Å². The van der Waals surface area contributed by atoms with Crippen LogP contribution in [0.5, 0.6) is 0 Å². The number of nitrogens with zero attached hydrogens (tertiary/aromatic N) is 2. The molecule has 0 amide bonds. The van der Waals surface area contributed by atoms with Crippen LogP contribution in [-0.2, 0) is 6.54 Å². The number of thioether (sulfide) groups is 1. The van der Waals surface area contributed by atoms with E-state index >= 15 is 0 Å². The summed E-state index contributed by atoms with van der Waals surface area (Å²) in [6.07, 6.45) is 2.11. The first kappa shape index (κ1) is 19.1. The Hall–Kier alpha value is 0.0500. The SMILES string of the molecule is CN=C(NCCSC)N(C)Cc1ccccc1Br.I. The van der Waals surface area contributed by atoms with Crippen LogP contribution >= 0.6 is 51.7 Å². The van der Waals surface area contributed by atoms with E-state index in [9.17, 15) is 0 Å². The fraction of sp³-hybridized carbons (Fsp3) is 0.462. The Balaban J connectivity index is 0.00000324. The van der Waals surface area contributed by atoms with Gasteiger partial charge in [0.05, 0.1) is 0 Å². The summed E-state index contributed by atoms with van der Waals surface area (Å²) in [5.74, 6) is 2.02. The minimum absolute atomic E-state index is 0. The molecule has 0 bridgehead atoms. The Kier molecular flexibility index (Phi) is 10.8. The average Bonchev–Trinajstić information content (AvgIpc) is 2.37. The quantitative estimate of drug-likeness (QED) is 0.317. The predicted octanol–water partition coefficient (Wildman–Crippen LogP) is 3.44. The van der Waals surface area contributed by atoms with Gasteiger partial charge in [-0.3, -0.25) is 4.99 Å². The molecule has 1 rings (SSSR count). The van der Waals surface area contributed by atoms with Crippen molar-refractivity contribution in [1.82, 2.24) is 10.2 Å². The number of halogens is 2. The molecule has 0 heterocycles. The molecule has 3 nitrogen and oxygen atoms in total. The van der Waals surface area contributed by atoms with Gasteiger partial charge in [-0.2, -0.15) is 11.8 Å². The van der Waals surface area contributed by atoms with Crippen molar-refractivity contribution in [2.75, 3.05) is 32.6 Å². The maximum absolute atomic E-state index is 4.29. The van der Waals surface area contributed by atoms with Crippen molar-refractivity contribution in [2.24, 2.45) is 4.99 Å². The van der Waals surface area contributed by atoms with Crippen LogP contribution in [0, 0.1) is 0 Å². The third kappa shape index (κ3) is 6.85. The molecule has 0 aliphatic rings. The van der Waals surface area contributed by atoms with Gasteiger partial charge in [-0.05, 0) is 17.9 Å². The van der Waals surface area contributed by atoms with Crippen LogP contribution in [0.25, 0.3) is 0 Å². The van der Waals surface area contributed by atoms with Gasteiger partial charge in [-0.15, -0.1) is 24.0 Å². The van der Waals surface area contributed by atoms with Gasteiger partial charge in [0.2, 0.25) is 0 Å². The van der Waals surface area contributed by atoms with E-state index in [1.165, 1.54) is 5.56 Å². The molecular weight excluding hydrogens is 437 g/mol. The number of guanidine groups is 1. The molecule has 1 aromatic rings. The zero-order valence-corrected chi connectivity index (χ0v) is 16.3. The normalized spacial score (nSPS) is 10.8. The summed E-state index contributed by atoms with van der Waals surface area (Å²) in [5.41, 5.74) is 1.26. The molecule has 1 aromatic carbocycles. The van der Waals surface area contributed by atoms with Gasteiger partial charge < -0.3 is 10.2 Å². The van der Waals surface area contributed by atoms with E-state index < -0.39 is 0 Å². The summed E-state index contributed by atoms with van der Waals surface area (Å²) < 4.78 is 1.14. The van der Waals surface area contributed by atoms with E-state index in [4.69, 9.17) is 0 Å². The molecule has 0 unspecified atom stereocenters. The molecular formula is C13H21BrIN3S. The largest absolute Gasteiger partial charge is 0.355 e. The molecule has 0 spiro atoms. The first-order valence-electron chi connectivity index (χ1n) is 5.83. The van der Waals surface area contributed by atoms with Gasteiger partial charge in [0.15, 0.2) is 5.96 Å². The monoisotopic (exact) mass is 457 g/mol. The minimum atomic E-state index is 0. The van der Waals surface area contributed by atoms with Gasteiger partial charge in [0.25, 0.3) is 0 Å². The van der Waals surface area contributed by atoms with Crippen molar-refractivity contribution in [1.29, 1.82) is 0 Å². The Morgan fingerprint density at radius 1 is 1.42 bits per heavy atom. The average molecular weight is 458 g/mol. The summed E-state index contributed by atoms with van der Waals surface area (Å²) in [6.45, 7) is 1.77. The second kappa shape index (κ2) is 10.8. The Bertz CT molecular complexity index is 401. The third-order valence-electron chi connectivity index (χ3n) is 2.53. The molecule has 0 fully saturated rings. The third-order valence-corrected chi connectivity index (χ3v) is 3.91. The van der Waals surface area contributed by atoms with E-state index in [1.54, 1.807) is 0 Å². The highest BCUT2D eigenvalue weighted by Gasteiger charge is 2.07. The fourth-order valence-electron chi connectivity index (χ4n) is 1.61. The summed E-state index contributed by atoms with van der Waals surface area (Å²) in [6, 6.07) is 8.26. The molecule has 0 aromatic heterocycles. The first-order valence-corrected chi connectivity index (χ1v) is 8.02. The molecule has 0 atom stereocenters. The molecule has 19 heavy (non-hydrogen) atoms. The van der Waals surface area contributed by atoms with Crippen LogP contribution < -0.4 is 5.32 Å². The van der Waals surface area contributed by atoms with Gasteiger partial charge >= 0.3 is 0 Å². The van der Waals surface area contributed by atoms with E-state index in [2.05, 4.69) is 55.6 Å². The van der Waals surface area contributed by atoms with Crippen molar-refractivity contribution in [2.45, 2.75) is 6.54 Å². The first-order chi connectivity index (χ1) is 8.69. The minimum Gasteiger partial charge on any atom is -0.355 e. The highest BCUT2D eigenvalue weighted by Crippen LogP contribution is 2.17. The maximum atomic E-state index is 4.29. The van der Waals surface area contributed by atoms with Crippen molar-refractivity contribution < 1.29 is 0 Å². The molecule has 0 radical (unpaired) electrons. The highest BCUT2D eigenvalue weighted by atomic mass is 127. The van der Waals surface area contributed by atoms with Crippen molar-refractivity contribution >= 4 is 57.6 Å². The van der Waals surface area contributed by atoms with Crippen LogP contribution in [-0.4, -0.2) is 43.5 Å². The lowest BCUT2D eigenvalue weighted by atomic mass is 10.2. The molecule has 6 heteroatoms. The lowest BCUT2D eigenvalue weighted by Gasteiger charge is -2.22. The number of benzene rings is 1. The smallest absolute Gasteiger partial charge is 0.193 e. The van der Waals surface area contributed by atoms with E-state index in [0.717, 1.165) is 29.3 Å². The standard InChI is InChI=1S/C13H20BrN3S.HI/c1-15-13(16-8-9-18-3)17(2)10-11-6-4-5-7-12(11)14;/h4-7H,8-10H2,1-3H3,(H,15,16);1H. The lowest BCUT2D eigenvalue weighted by molar-refractivity contribution is 0.478. The Morgan fingerprint density at radius 3 is 2.68 bits per heavy atom. The van der Waals surface area contributed by atoms with Crippen LogP contribution in [0.1, 0.15) is 5.56 Å². The summed E-state index contributed by atoms with van der Waals surface area (Å²) in [5, 5.41) is 3.35. The maximum Gasteiger partial charge on any atom is 0.193 e. The van der Waals surface area contributed by atoms with Crippen molar-refractivity contribution in [3.63, 3.8) is 0 Å². The van der Waals surface area contributed by atoms with Gasteiger partial charge in [0.1, 0.15) is 0 Å². The fourth-order valence-corrected chi connectivity index (χ4v) is 2.32. The predicted molar refractivity (Wildman–Crippen MR) is 101 cm³/mol. The van der Waals surface area contributed by atoms with Crippen molar-refractivity contribution in [3.8, 4) is 0 Å². The second-order valence-corrected chi connectivity index (χ2v) is 5.75. The van der Waals surface area contributed by atoms with Crippen LogP contribution in [0.15, 0.2) is 33.7 Å². The second-order valence-electron chi connectivity index (χ2n) is 3.91. The van der Waals surface area contributed by atoms with E-state index in [1.807, 2.05) is 31.9 Å². The van der Waals surface area contributed by atoms with Crippen LogP contribution in [0.3, 0.4) is 0 Å². The zero-order chi connectivity index (χ0) is 13.4. The summed E-state index contributed by atoms with van der Waals surface area (Å²) in [4.78, 5) is 6.42. The molecule has 1 N–H and O–H groups in total. The number of nitrogens with one attached hydrogen (secondary N) is 1. The van der Waals surface area contributed by atoms with Crippen LogP contribution in [0.4, 0.5) is 0 Å². The number of aliphatic imine (C=N–C) groups is 1. The molecule has 0 aliphatic heterocycles. The molecule has 0 aliphatic carbocycles. The van der Waals surface area contributed by atoms with E-state index in [0.29, 0.717) is 0 Å². The molecule has 0 saturated carbocycles. The van der Waals surface area contributed by atoms with Crippen molar-refractivity contribution in [3.05, 3.63) is 34.3 Å². The lowest BCUT2D eigenvalue weighted by Crippen LogP contribution is -2.39. The number of hydrogen-bond donors (Lipinski definition) is 1. The topological polar surface area (TPSA) is 27.6 Å². The molecule has 108 valence electrons. The zero-order valence-electron chi connectivity index (χ0n) is 11.5. The van der Waals surface area contributed by atoms with Crippen LogP contribution in [0.2, 0.25) is 0 Å². The highest BCUT2D eigenvalue weighted by molar-refractivity contribution is 14.0. The van der Waals surface area contributed by atoms with Gasteiger partial charge in [-0.1, -0.05) is 34.1 Å². The summed E-state index contributed by atoms with van der Waals surface area (Å²) in [7, 11) is 3.87. The summed E-state index contributed by atoms with van der Waals surface area (Å²) >= 11 is 5.40.